The van der Waals surface area contributed by atoms with Crippen LogP contribution in [0.25, 0.3) is 0 Å². The summed E-state index contributed by atoms with van der Waals surface area (Å²) in [7, 11) is 0. The average Bonchev–Trinajstić information content (AvgIpc) is 2.25. The number of nitrogens with two attached hydrogens (primary N) is 1. The maximum atomic E-state index is 11.8. The van der Waals surface area contributed by atoms with E-state index >= 15 is 0 Å². The van der Waals surface area contributed by atoms with Crippen LogP contribution in [0.1, 0.15) is 24.5 Å². The molecule has 3 N–H and O–H groups in total. The Morgan fingerprint density at radius 1 is 1.53 bits per heavy atom. The number of hydrogen-bond donors (Lipinski definition) is 2. The fourth-order valence-electron chi connectivity index (χ4n) is 1.63. The molecule has 1 atom stereocenters. The van der Waals surface area contributed by atoms with Gasteiger partial charge in [0.05, 0.1) is 17.5 Å². The molecule has 0 bridgehead atoms. The molecule has 1 aromatic rings. The molecule has 0 radical (unpaired) electrons. The van der Waals surface area contributed by atoms with Gasteiger partial charge in [-0.2, -0.15) is 0 Å². The van der Waals surface area contributed by atoms with Gasteiger partial charge < -0.3 is 11.1 Å². The molecule has 0 heterocycles. The van der Waals surface area contributed by atoms with Crippen molar-refractivity contribution in [3.63, 3.8) is 0 Å². The predicted molar refractivity (Wildman–Crippen MR) is 73.9 cm³/mol. The van der Waals surface area contributed by atoms with Crippen LogP contribution in [-0.4, -0.2) is 16.9 Å². The molecule has 0 aliphatic heterocycles. The van der Waals surface area contributed by atoms with E-state index in [9.17, 15) is 4.79 Å². The van der Waals surface area contributed by atoms with Crippen molar-refractivity contribution < 1.29 is 4.79 Å². The molecule has 0 aliphatic carbocycles. The van der Waals surface area contributed by atoms with Crippen molar-refractivity contribution in [2.24, 2.45) is 5.73 Å². The Labute approximate surface area is 107 Å². The molecule has 1 aromatic carbocycles. The summed E-state index contributed by atoms with van der Waals surface area (Å²) in [6, 6.07) is 7.69. The molecule has 92 valence electrons. The van der Waals surface area contributed by atoms with Gasteiger partial charge in [0.25, 0.3) is 0 Å². The Morgan fingerprint density at radius 3 is 2.76 bits per heavy atom. The molecule has 3 nitrogen and oxygen atoms in total. The van der Waals surface area contributed by atoms with Crippen LogP contribution in [0, 0.1) is 6.92 Å². The minimum absolute atomic E-state index is 0.0461. The SMILES string of the molecule is CCC(NC(=O)Cc1cccc(C)c1)C(N)=S. The number of thiocarbonyl (C=S) groups is 1. The highest BCUT2D eigenvalue weighted by molar-refractivity contribution is 7.80. The van der Waals surface area contributed by atoms with Crippen LogP contribution >= 0.6 is 12.2 Å². The van der Waals surface area contributed by atoms with Crippen molar-refractivity contribution in [3.8, 4) is 0 Å². The molecule has 0 aliphatic rings. The number of amides is 1. The van der Waals surface area contributed by atoms with Gasteiger partial charge in [0.15, 0.2) is 0 Å². The van der Waals surface area contributed by atoms with Crippen molar-refractivity contribution in [1.29, 1.82) is 0 Å². The Morgan fingerprint density at radius 2 is 2.24 bits per heavy atom. The first-order valence-corrected chi connectivity index (χ1v) is 6.08. The smallest absolute Gasteiger partial charge is 0.224 e. The summed E-state index contributed by atoms with van der Waals surface area (Å²) in [6.07, 6.45) is 1.08. The lowest BCUT2D eigenvalue weighted by Gasteiger charge is -2.15. The Hall–Kier alpha value is -1.42. The van der Waals surface area contributed by atoms with Gasteiger partial charge in [0.1, 0.15) is 0 Å². The molecule has 0 aromatic heterocycles. The average molecular weight is 250 g/mol. The third-order valence-corrected chi connectivity index (χ3v) is 2.82. The van der Waals surface area contributed by atoms with Crippen molar-refractivity contribution in [1.82, 2.24) is 5.32 Å². The molecule has 17 heavy (non-hydrogen) atoms. The van der Waals surface area contributed by atoms with Gasteiger partial charge in [-0.05, 0) is 18.9 Å². The summed E-state index contributed by atoms with van der Waals surface area (Å²) >= 11 is 4.88. The molecule has 1 unspecified atom stereocenters. The summed E-state index contributed by atoms with van der Waals surface area (Å²) in [5.74, 6) is -0.0461. The van der Waals surface area contributed by atoms with Gasteiger partial charge in [-0.3, -0.25) is 4.79 Å². The zero-order valence-corrected chi connectivity index (χ0v) is 11.0. The molecule has 4 heteroatoms. The van der Waals surface area contributed by atoms with Crippen molar-refractivity contribution in [2.75, 3.05) is 0 Å². The molecule has 1 amide bonds. The molecule has 0 saturated carbocycles. The highest BCUT2D eigenvalue weighted by Crippen LogP contribution is 2.05. The summed E-state index contributed by atoms with van der Waals surface area (Å²) in [4.78, 5) is 12.1. The summed E-state index contributed by atoms with van der Waals surface area (Å²) in [6.45, 7) is 3.95. The highest BCUT2D eigenvalue weighted by atomic mass is 32.1. The first-order valence-electron chi connectivity index (χ1n) is 5.67. The Balaban J connectivity index is 2.58. The van der Waals surface area contributed by atoms with E-state index in [-0.39, 0.29) is 11.9 Å². The van der Waals surface area contributed by atoms with E-state index in [2.05, 4.69) is 5.32 Å². The highest BCUT2D eigenvalue weighted by Gasteiger charge is 2.12. The van der Waals surface area contributed by atoms with E-state index in [1.165, 1.54) is 0 Å². The van der Waals surface area contributed by atoms with E-state index in [0.29, 0.717) is 11.4 Å². The predicted octanol–water partition coefficient (Wildman–Crippen LogP) is 1.72. The first-order chi connectivity index (χ1) is 8.02. The second-order valence-electron chi connectivity index (χ2n) is 4.10. The van der Waals surface area contributed by atoms with E-state index < -0.39 is 0 Å². The standard InChI is InChI=1S/C13H18N2OS/c1-3-11(13(14)17)15-12(16)8-10-6-4-5-9(2)7-10/h4-7,11H,3,8H2,1-2H3,(H2,14,17)(H,15,16). The Kier molecular flexibility index (Phi) is 5.10. The van der Waals surface area contributed by atoms with Gasteiger partial charge >= 0.3 is 0 Å². The van der Waals surface area contributed by atoms with Gasteiger partial charge in [-0.15, -0.1) is 0 Å². The van der Waals surface area contributed by atoms with Gasteiger partial charge in [0.2, 0.25) is 5.91 Å². The van der Waals surface area contributed by atoms with Crippen LogP contribution in [0.5, 0.6) is 0 Å². The fraction of sp³-hybridized carbons (Fsp3) is 0.385. The molecular weight excluding hydrogens is 232 g/mol. The minimum atomic E-state index is -0.206. The van der Waals surface area contributed by atoms with Crippen LogP contribution in [0.2, 0.25) is 0 Å². The second-order valence-corrected chi connectivity index (χ2v) is 4.57. The van der Waals surface area contributed by atoms with E-state index in [4.69, 9.17) is 18.0 Å². The van der Waals surface area contributed by atoms with Crippen molar-refractivity contribution in [2.45, 2.75) is 32.7 Å². The zero-order valence-electron chi connectivity index (χ0n) is 10.2. The molecule has 0 saturated heterocycles. The second kappa shape index (κ2) is 6.35. The largest absolute Gasteiger partial charge is 0.392 e. The fourth-order valence-corrected chi connectivity index (χ4v) is 1.85. The van der Waals surface area contributed by atoms with Crippen molar-refractivity contribution in [3.05, 3.63) is 35.4 Å². The number of aryl methyl sites for hydroxylation is 1. The van der Waals surface area contributed by atoms with Crippen LogP contribution < -0.4 is 11.1 Å². The first kappa shape index (κ1) is 13.6. The van der Waals surface area contributed by atoms with Crippen LogP contribution in [0.15, 0.2) is 24.3 Å². The molecule has 0 fully saturated rings. The maximum absolute atomic E-state index is 11.8. The Bertz CT molecular complexity index is 418. The molecule has 1 rings (SSSR count). The number of carbonyl (C=O) groups is 1. The summed E-state index contributed by atoms with van der Waals surface area (Å²) in [5.41, 5.74) is 7.68. The number of carbonyl (C=O) groups excluding carboxylic acids is 1. The molecular formula is C13H18N2OS. The molecule has 0 spiro atoms. The maximum Gasteiger partial charge on any atom is 0.224 e. The van der Waals surface area contributed by atoms with E-state index in [0.717, 1.165) is 17.5 Å². The lowest BCUT2D eigenvalue weighted by atomic mass is 10.1. The number of nitrogens with one attached hydrogen (secondary N) is 1. The number of benzene rings is 1. The number of rotatable bonds is 5. The topological polar surface area (TPSA) is 55.1 Å². The van der Waals surface area contributed by atoms with Gasteiger partial charge in [0, 0.05) is 0 Å². The van der Waals surface area contributed by atoms with E-state index in [1.54, 1.807) is 0 Å². The quantitative estimate of drug-likeness (QED) is 0.782. The monoisotopic (exact) mass is 250 g/mol. The lowest BCUT2D eigenvalue weighted by molar-refractivity contribution is -0.120. The summed E-state index contributed by atoms with van der Waals surface area (Å²) < 4.78 is 0. The van der Waals surface area contributed by atoms with Gasteiger partial charge in [-0.25, -0.2) is 0 Å². The van der Waals surface area contributed by atoms with Crippen LogP contribution in [0.4, 0.5) is 0 Å². The lowest BCUT2D eigenvalue weighted by Crippen LogP contribution is -2.43. The van der Waals surface area contributed by atoms with Crippen LogP contribution in [-0.2, 0) is 11.2 Å². The van der Waals surface area contributed by atoms with E-state index in [1.807, 2.05) is 38.1 Å². The summed E-state index contributed by atoms with van der Waals surface area (Å²) in [5, 5.41) is 2.83. The minimum Gasteiger partial charge on any atom is -0.392 e. The third-order valence-electron chi connectivity index (χ3n) is 2.53. The third kappa shape index (κ3) is 4.53. The van der Waals surface area contributed by atoms with Gasteiger partial charge in [-0.1, -0.05) is 49.0 Å². The number of hydrogen-bond acceptors (Lipinski definition) is 2. The zero-order chi connectivity index (χ0) is 12.8. The van der Waals surface area contributed by atoms with Crippen molar-refractivity contribution >= 4 is 23.1 Å². The normalized spacial score (nSPS) is 11.9. The van der Waals surface area contributed by atoms with Crippen LogP contribution in [0.3, 0.4) is 0 Å².